The summed E-state index contributed by atoms with van der Waals surface area (Å²) in [4.78, 5) is 0. The van der Waals surface area contributed by atoms with Crippen LogP contribution < -0.4 is 0 Å². The molecular formula is C14H18N2. The minimum absolute atomic E-state index is 0.391. The first-order valence-electron chi connectivity index (χ1n) is 5.91. The van der Waals surface area contributed by atoms with Crippen molar-refractivity contribution < 1.29 is 0 Å². The molecule has 0 saturated carbocycles. The fourth-order valence-electron chi connectivity index (χ4n) is 2.14. The second-order valence-corrected chi connectivity index (χ2v) is 4.04. The molecule has 0 amide bonds. The van der Waals surface area contributed by atoms with E-state index in [0.717, 1.165) is 6.42 Å². The Morgan fingerprint density at radius 3 is 2.94 bits per heavy atom. The fourth-order valence-corrected chi connectivity index (χ4v) is 2.14. The number of fused-ring (bicyclic) bond motifs is 1. The number of allylic oxidation sites excluding steroid dienone is 1. The van der Waals surface area contributed by atoms with E-state index in [-0.39, 0.29) is 0 Å². The maximum atomic E-state index is 4.48. The number of hydrogen-bond donors (Lipinski definition) is 0. The topological polar surface area (TPSA) is 15.6 Å². The molecule has 2 rings (SSSR count). The minimum Gasteiger partial charge on any atom is -0.266 e. The molecule has 0 spiro atoms. The Labute approximate surface area is 97.3 Å². The molecule has 0 aromatic heterocycles. The van der Waals surface area contributed by atoms with Crippen LogP contribution in [0.2, 0.25) is 0 Å². The van der Waals surface area contributed by atoms with Gasteiger partial charge in [0.25, 0.3) is 0 Å². The molecule has 0 aliphatic carbocycles. The van der Waals surface area contributed by atoms with Crippen molar-refractivity contribution in [3.8, 4) is 0 Å². The molecule has 1 aromatic carbocycles. The SMILES string of the molecule is C/C=C/N1N=Cc2ccccc2C1CCC. The lowest BCUT2D eigenvalue weighted by atomic mass is 9.96. The van der Waals surface area contributed by atoms with E-state index in [2.05, 4.69) is 41.3 Å². The Morgan fingerprint density at radius 2 is 2.19 bits per heavy atom. The Morgan fingerprint density at radius 1 is 1.38 bits per heavy atom. The second kappa shape index (κ2) is 4.97. The van der Waals surface area contributed by atoms with Crippen LogP contribution in [0.4, 0.5) is 0 Å². The molecule has 16 heavy (non-hydrogen) atoms. The number of hydrogen-bond acceptors (Lipinski definition) is 2. The normalized spacial score (nSPS) is 19.1. The monoisotopic (exact) mass is 214 g/mol. The number of hydrazone groups is 1. The summed E-state index contributed by atoms with van der Waals surface area (Å²) in [6.45, 7) is 4.24. The van der Waals surface area contributed by atoms with Gasteiger partial charge in [0, 0.05) is 6.20 Å². The van der Waals surface area contributed by atoms with Gasteiger partial charge in [0.2, 0.25) is 0 Å². The summed E-state index contributed by atoms with van der Waals surface area (Å²) in [6.07, 6.45) is 8.34. The predicted molar refractivity (Wildman–Crippen MR) is 68.3 cm³/mol. The van der Waals surface area contributed by atoms with Gasteiger partial charge in [0.05, 0.1) is 12.3 Å². The van der Waals surface area contributed by atoms with E-state index in [4.69, 9.17) is 0 Å². The molecule has 0 N–H and O–H groups in total. The molecule has 1 aliphatic rings. The van der Waals surface area contributed by atoms with Crippen molar-refractivity contribution in [2.45, 2.75) is 32.7 Å². The van der Waals surface area contributed by atoms with Crippen molar-refractivity contribution in [3.63, 3.8) is 0 Å². The van der Waals surface area contributed by atoms with Gasteiger partial charge in [0.15, 0.2) is 0 Å². The van der Waals surface area contributed by atoms with Crippen LogP contribution in [0.1, 0.15) is 43.9 Å². The van der Waals surface area contributed by atoms with Gasteiger partial charge in [-0.1, -0.05) is 43.7 Å². The van der Waals surface area contributed by atoms with E-state index in [1.54, 1.807) is 0 Å². The second-order valence-electron chi connectivity index (χ2n) is 4.04. The number of benzene rings is 1. The Bertz CT molecular complexity index is 407. The molecular weight excluding hydrogens is 196 g/mol. The lowest BCUT2D eigenvalue weighted by Crippen LogP contribution is -2.23. The summed E-state index contributed by atoms with van der Waals surface area (Å²) in [5.74, 6) is 0. The van der Waals surface area contributed by atoms with Crippen molar-refractivity contribution >= 4 is 6.21 Å². The number of nitrogens with zero attached hydrogens (tertiary/aromatic N) is 2. The van der Waals surface area contributed by atoms with E-state index >= 15 is 0 Å². The van der Waals surface area contributed by atoms with Crippen molar-refractivity contribution in [1.29, 1.82) is 0 Å². The van der Waals surface area contributed by atoms with Gasteiger partial charge in [-0.05, 0) is 24.5 Å². The third-order valence-electron chi connectivity index (χ3n) is 2.87. The highest BCUT2D eigenvalue weighted by molar-refractivity contribution is 5.82. The van der Waals surface area contributed by atoms with Crippen LogP contribution in [0.3, 0.4) is 0 Å². The average molecular weight is 214 g/mol. The predicted octanol–water partition coefficient (Wildman–Crippen LogP) is 3.71. The molecule has 0 saturated heterocycles. The summed E-state index contributed by atoms with van der Waals surface area (Å²) >= 11 is 0. The van der Waals surface area contributed by atoms with E-state index in [1.807, 2.05) is 25.4 Å². The summed E-state index contributed by atoms with van der Waals surface area (Å²) in [7, 11) is 0. The molecule has 1 aromatic rings. The van der Waals surface area contributed by atoms with Crippen molar-refractivity contribution in [1.82, 2.24) is 5.01 Å². The van der Waals surface area contributed by atoms with E-state index < -0.39 is 0 Å². The maximum Gasteiger partial charge on any atom is 0.0774 e. The minimum atomic E-state index is 0.391. The molecule has 2 heteroatoms. The zero-order valence-corrected chi connectivity index (χ0v) is 9.93. The molecule has 1 heterocycles. The molecule has 1 atom stereocenters. The molecule has 0 bridgehead atoms. The van der Waals surface area contributed by atoms with Crippen LogP contribution >= 0.6 is 0 Å². The first kappa shape index (κ1) is 10.9. The van der Waals surface area contributed by atoms with Crippen LogP contribution in [0.15, 0.2) is 41.6 Å². The summed E-state index contributed by atoms with van der Waals surface area (Å²) in [5, 5.41) is 6.54. The third-order valence-corrected chi connectivity index (χ3v) is 2.87. The van der Waals surface area contributed by atoms with Crippen LogP contribution in [0.5, 0.6) is 0 Å². The van der Waals surface area contributed by atoms with Crippen molar-refractivity contribution in [3.05, 3.63) is 47.7 Å². The van der Waals surface area contributed by atoms with Gasteiger partial charge in [-0.25, -0.2) is 0 Å². The van der Waals surface area contributed by atoms with Crippen LogP contribution in [0, 0.1) is 0 Å². The molecule has 0 radical (unpaired) electrons. The smallest absolute Gasteiger partial charge is 0.0774 e. The number of rotatable bonds is 3. The van der Waals surface area contributed by atoms with Gasteiger partial charge in [-0.3, -0.25) is 5.01 Å². The van der Waals surface area contributed by atoms with Crippen LogP contribution in [-0.2, 0) is 0 Å². The fraction of sp³-hybridized carbons (Fsp3) is 0.357. The molecule has 84 valence electrons. The van der Waals surface area contributed by atoms with Gasteiger partial charge < -0.3 is 0 Å². The highest BCUT2D eigenvalue weighted by Gasteiger charge is 2.21. The largest absolute Gasteiger partial charge is 0.266 e. The van der Waals surface area contributed by atoms with Gasteiger partial charge >= 0.3 is 0 Å². The Kier molecular flexibility index (Phi) is 3.40. The zero-order chi connectivity index (χ0) is 11.4. The summed E-state index contributed by atoms with van der Waals surface area (Å²) in [6, 6.07) is 8.90. The first-order chi connectivity index (χ1) is 7.86. The first-order valence-corrected chi connectivity index (χ1v) is 5.91. The lowest BCUT2D eigenvalue weighted by Gasteiger charge is -2.30. The lowest BCUT2D eigenvalue weighted by molar-refractivity contribution is 0.272. The zero-order valence-electron chi connectivity index (χ0n) is 9.93. The Hall–Kier alpha value is -1.57. The molecule has 2 nitrogen and oxygen atoms in total. The van der Waals surface area contributed by atoms with Crippen molar-refractivity contribution in [2.24, 2.45) is 5.10 Å². The quantitative estimate of drug-likeness (QED) is 0.749. The van der Waals surface area contributed by atoms with E-state index in [1.165, 1.54) is 17.5 Å². The molecule has 0 fully saturated rings. The highest BCUT2D eigenvalue weighted by atomic mass is 15.5. The maximum absolute atomic E-state index is 4.48. The summed E-state index contributed by atoms with van der Waals surface area (Å²) in [5.41, 5.74) is 2.64. The van der Waals surface area contributed by atoms with Gasteiger partial charge in [-0.2, -0.15) is 5.10 Å². The highest BCUT2D eigenvalue weighted by Crippen LogP contribution is 2.31. The van der Waals surface area contributed by atoms with E-state index in [0.29, 0.717) is 6.04 Å². The van der Waals surface area contributed by atoms with Crippen molar-refractivity contribution in [2.75, 3.05) is 0 Å². The van der Waals surface area contributed by atoms with Crippen LogP contribution in [-0.4, -0.2) is 11.2 Å². The Balaban J connectivity index is 2.37. The van der Waals surface area contributed by atoms with Crippen LogP contribution in [0.25, 0.3) is 0 Å². The molecule has 1 aliphatic heterocycles. The third kappa shape index (κ3) is 2.01. The van der Waals surface area contributed by atoms with Gasteiger partial charge in [0.1, 0.15) is 0 Å². The summed E-state index contributed by atoms with van der Waals surface area (Å²) < 4.78 is 0. The standard InChI is InChI=1S/C14H18N2/c1-3-7-14-13-9-6-5-8-12(13)11-15-16(14)10-4-2/h4-6,8-11,14H,3,7H2,1-2H3/b10-4+. The molecule has 1 unspecified atom stereocenters. The van der Waals surface area contributed by atoms with Gasteiger partial charge in [-0.15, -0.1) is 0 Å². The van der Waals surface area contributed by atoms with E-state index in [9.17, 15) is 0 Å². The average Bonchev–Trinajstić information content (AvgIpc) is 2.32.